The highest BCUT2D eigenvalue weighted by Crippen LogP contribution is 2.25. The van der Waals surface area contributed by atoms with Crippen molar-refractivity contribution in [3.63, 3.8) is 0 Å². The first kappa shape index (κ1) is 14.9. The van der Waals surface area contributed by atoms with E-state index in [1.54, 1.807) is 0 Å². The van der Waals surface area contributed by atoms with Crippen molar-refractivity contribution < 1.29 is 4.79 Å². The molecule has 0 bridgehead atoms. The van der Waals surface area contributed by atoms with Gasteiger partial charge in [-0.05, 0) is 26.2 Å². The molecule has 1 heterocycles. The number of anilines is 1. The van der Waals surface area contributed by atoms with E-state index in [4.69, 9.17) is 5.73 Å². The number of rotatable bonds is 5. The number of aromatic nitrogens is 2. The molecule has 0 aromatic carbocycles. The molecule has 0 radical (unpaired) electrons. The summed E-state index contributed by atoms with van der Waals surface area (Å²) in [6.45, 7) is 4.84. The highest BCUT2D eigenvalue weighted by atomic mass is 16.2. The molecule has 0 aliphatic heterocycles. The van der Waals surface area contributed by atoms with Crippen LogP contribution in [0.2, 0.25) is 0 Å². The lowest BCUT2D eigenvalue weighted by Crippen LogP contribution is -2.41. The van der Waals surface area contributed by atoms with Gasteiger partial charge in [0.05, 0.1) is 11.4 Å². The monoisotopic (exact) mass is 278 g/mol. The zero-order chi connectivity index (χ0) is 14.5. The summed E-state index contributed by atoms with van der Waals surface area (Å²) in [5, 5.41) is 7.07. The summed E-state index contributed by atoms with van der Waals surface area (Å²) in [6.07, 6.45) is 7.74. The molecule has 1 amide bonds. The lowest BCUT2D eigenvalue weighted by molar-refractivity contribution is 0.0643. The van der Waals surface area contributed by atoms with Gasteiger partial charge < -0.3 is 10.6 Å². The zero-order valence-electron chi connectivity index (χ0n) is 12.6. The van der Waals surface area contributed by atoms with E-state index in [0.717, 1.165) is 37.9 Å². The number of hydrogen-bond acceptors (Lipinski definition) is 3. The molecule has 0 unspecified atom stereocenters. The van der Waals surface area contributed by atoms with E-state index < -0.39 is 0 Å². The highest BCUT2D eigenvalue weighted by molar-refractivity contribution is 5.97. The number of aryl methyl sites for hydroxylation is 1. The summed E-state index contributed by atoms with van der Waals surface area (Å²) in [7, 11) is 0. The van der Waals surface area contributed by atoms with Crippen LogP contribution in [0.4, 0.5) is 5.69 Å². The number of nitrogens with two attached hydrogens (primary N) is 1. The van der Waals surface area contributed by atoms with Gasteiger partial charge in [0, 0.05) is 12.6 Å². The number of carbonyl (C=O) groups excluding carboxylic acids is 1. The Morgan fingerprint density at radius 2 is 2.05 bits per heavy atom. The van der Waals surface area contributed by atoms with Crippen LogP contribution in [0.1, 0.15) is 68.6 Å². The molecule has 1 aliphatic rings. The molecule has 0 saturated heterocycles. The van der Waals surface area contributed by atoms with Crippen molar-refractivity contribution in [3.8, 4) is 0 Å². The van der Waals surface area contributed by atoms with Gasteiger partial charge in [-0.1, -0.05) is 32.6 Å². The Balaban J connectivity index is 2.15. The van der Waals surface area contributed by atoms with Crippen LogP contribution in [0.5, 0.6) is 0 Å². The van der Waals surface area contributed by atoms with Crippen LogP contribution in [0.3, 0.4) is 0 Å². The molecule has 5 heteroatoms. The topological polar surface area (TPSA) is 75.0 Å². The lowest BCUT2D eigenvalue weighted by atomic mass is 9.94. The predicted molar refractivity (Wildman–Crippen MR) is 80.6 cm³/mol. The summed E-state index contributed by atoms with van der Waals surface area (Å²) < 4.78 is 0. The molecule has 2 rings (SSSR count). The second-order valence-electron chi connectivity index (χ2n) is 5.60. The molecule has 1 saturated carbocycles. The van der Waals surface area contributed by atoms with Crippen molar-refractivity contribution in [3.05, 3.63) is 11.4 Å². The maximum atomic E-state index is 12.7. The number of H-pyrrole nitrogens is 1. The van der Waals surface area contributed by atoms with E-state index in [0.29, 0.717) is 17.4 Å². The normalized spacial score (nSPS) is 16.3. The van der Waals surface area contributed by atoms with Gasteiger partial charge in [0.15, 0.2) is 5.69 Å². The first-order valence-electron chi connectivity index (χ1n) is 7.82. The van der Waals surface area contributed by atoms with E-state index in [1.807, 2.05) is 11.8 Å². The standard InChI is InChI=1S/C15H26N4O/c1-3-8-12-13(16)14(18-17-12)15(20)19(4-2)11-9-6-5-7-10-11/h11H,3-10,16H2,1-2H3,(H,17,18). The Kier molecular flexibility index (Phi) is 5.04. The average Bonchev–Trinajstić information content (AvgIpc) is 2.83. The molecule has 112 valence electrons. The number of hydrogen-bond donors (Lipinski definition) is 2. The Morgan fingerprint density at radius 3 is 2.65 bits per heavy atom. The Morgan fingerprint density at radius 1 is 1.35 bits per heavy atom. The largest absolute Gasteiger partial charge is 0.395 e. The number of nitrogen functional groups attached to an aromatic ring is 1. The third-order valence-corrected chi connectivity index (χ3v) is 4.20. The third kappa shape index (κ3) is 2.97. The summed E-state index contributed by atoms with van der Waals surface area (Å²) >= 11 is 0. The van der Waals surface area contributed by atoms with Crippen LogP contribution in [0.25, 0.3) is 0 Å². The molecule has 1 fully saturated rings. The molecule has 3 N–H and O–H groups in total. The minimum absolute atomic E-state index is 0.0181. The first-order chi connectivity index (χ1) is 9.69. The van der Waals surface area contributed by atoms with Crippen LogP contribution in [0.15, 0.2) is 0 Å². The van der Waals surface area contributed by atoms with Crippen LogP contribution in [-0.2, 0) is 6.42 Å². The minimum Gasteiger partial charge on any atom is -0.395 e. The fraction of sp³-hybridized carbons (Fsp3) is 0.733. The molecule has 20 heavy (non-hydrogen) atoms. The van der Waals surface area contributed by atoms with E-state index in [-0.39, 0.29) is 5.91 Å². The molecule has 5 nitrogen and oxygen atoms in total. The summed E-state index contributed by atoms with van der Waals surface area (Å²) in [6, 6.07) is 0.354. The molecular formula is C15H26N4O. The third-order valence-electron chi connectivity index (χ3n) is 4.20. The van der Waals surface area contributed by atoms with Crippen molar-refractivity contribution in [2.45, 2.75) is 64.8 Å². The van der Waals surface area contributed by atoms with E-state index in [9.17, 15) is 4.79 Å². The summed E-state index contributed by atoms with van der Waals surface area (Å²) in [4.78, 5) is 14.6. The quantitative estimate of drug-likeness (QED) is 0.869. The summed E-state index contributed by atoms with van der Waals surface area (Å²) in [5.74, 6) is -0.0181. The fourth-order valence-electron chi connectivity index (χ4n) is 3.09. The SMILES string of the molecule is CCCc1[nH]nc(C(=O)N(CC)C2CCCCC2)c1N. The smallest absolute Gasteiger partial charge is 0.276 e. The second kappa shape index (κ2) is 6.77. The first-order valence-corrected chi connectivity index (χ1v) is 7.82. The molecule has 1 aromatic heterocycles. The van der Waals surface area contributed by atoms with Gasteiger partial charge in [0.2, 0.25) is 0 Å². The molecule has 1 aliphatic carbocycles. The van der Waals surface area contributed by atoms with Gasteiger partial charge in [-0.2, -0.15) is 5.10 Å². The van der Waals surface area contributed by atoms with Crippen LogP contribution >= 0.6 is 0 Å². The Labute approximate surface area is 120 Å². The number of carbonyl (C=O) groups is 1. The van der Waals surface area contributed by atoms with Crippen LogP contribution in [0, 0.1) is 0 Å². The Hall–Kier alpha value is -1.52. The maximum absolute atomic E-state index is 12.7. The minimum atomic E-state index is -0.0181. The molecular weight excluding hydrogens is 252 g/mol. The van der Waals surface area contributed by atoms with Gasteiger partial charge in [-0.25, -0.2) is 0 Å². The van der Waals surface area contributed by atoms with Crippen molar-refractivity contribution in [1.82, 2.24) is 15.1 Å². The summed E-state index contributed by atoms with van der Waals surface area (Å²) in [5.41, 5.74) is 7.89. The fourth-order valence-corrected chi connectivity index (χ4v) is 3.09. The van der Waals surface area contributed by atoms with Gasteiger partial charge in [-0.3, -0.25) is 9.89 Å². The van der Waals surface area contributed by atoms with Crippen molar-refractivity contribution in [2.24, 2.45) is 0 Å². The van der Waals surface area contributed by atoms with E-state index in [2.05, 4.69) is 17.1 Å². The van der Waals surface area contributed by atoms with Crippen LogP contribution in [-0.4, -0.2) is 33.6 Å². The van der Waals surface area contributed by atoms with Crippen molar-refractivity contribution in [1.29, 1.82) is 0 Å². The van der Waals surface area contributed by atoms with Crippen LogP contribution < -0.4 is 5.73 Å². The van der Waals surface area contributed by atoms with Crippen molar-refractivity contribution in [2.75, 3.05) is 12.3 Å². The Bertz CT molecular complexity index is 449. The van der Waals surface area contributed by atoms with E-state index >= 15 is 0 Å². The molecule has 1 aromatic rings. The van der Waals surface area contributed by atoms with E-state index in [1.165, 1.54) is 19.3 Å². The second-order valence-corrected chi connectivity index (χ2v) is 5.60. The molecule has 0 spiro atoms. The highest BCUT2D eigenvalue weighted by Gasteiger charge is 2.28. The number of nitrogens with zero attached hydrogens (tertiary/aromatic N) is 2. The van der Waals surface area contributed by atoms with Gasteiger partial charge in [0.25, 0.3) is 5.91 Å². The number of nitrogens with one attached hydrogen (secondary N) is 1. The number of amides is 1. The lowest BCUT2D eigenvalue weighted by Gasteiger charge is -2.33. The molecule has 0 atom stereocenters. The van der Waals surface area contributed by atoms with Gasteiger partial charge in [-0.15, -0.1) is 0 Å². The average molecular weight is 278 g/mol. The predicted octanol–water partition coefficient (Wildman–Crippen LogP) is 2.74. The number of aromatic amines is 1. The van der Waals surface area contributed by atoms with Gasteiger partial charge in [0.1, 0.15) is 0 Å². The zero-order valence-corrected chi connectivity index (χ0v) is 12.6. The van der Waals surface area contributed by atoms with Gasteiger partial charge >= 0.3 is 0 Å². The van der Waals surface area contributed by atoms with Crippen molar-refractivity contribution >= 4 is 11.6 Å². The maximum Gasteiger partial charge on any atom is 0.276 e.